The van der Waals surface area contributed by atoms with Gasteiger partial charge in [-0.3, -0.25) is 4.57 Å². The van der Waals surface area contributed by atoms with E-state index < -0.39 is 5.60 Å². The van der Waals surface area contributed by atoms with Crippen LogP contribution in [0.4, 0.5) is 5.82 Å². The van der Waals surface area contributed by atoms with E-state index in [1.165, 1.54) is 6.33 Å². The molecule has 8 heteroatoms. The van der Waals surface area contributed by atoms with Crippen LogP contribution in [0.25, 0.3) is 11.2 Å². The van der Waals surface area contributed by atoms with Gasteiger partial charge in [0.15, 0.2) is 17.7 Å². The Morgan fingerprint density at radius 3 is 2.72 bits per heavy atom. The Morgan fingerprint density at radius 1 is 1.28 bits per heavy atom. The molecule has 2 aromatic rings. The van der Waals surface area contributed by atoms with Crippen LogP contribution in [-0.4, -0.2) is 50.0 Å². The Balaban J connectivity index is 1.85. The molecule has 2 N–H and O–H groups in total. The predicted octanol–water partition coefficient (Wildman–Crippen LogP) is 1.91. The Labute approximate surface area is 146 Å². The van der Waals surface area contributed by atoms with E-state index in [9.17, 15) is 0 Å². The van der Waals surface area contributed by atoms with Crippen molar-refractivity contribution in [3.8, 4) is 0 Å². The molecule has 4 heterocycles. The van der Waals surface area contributed by atoms with Gasteiger partial charge in [0.05, 0.1) is 11.9 Å². The van der Waals surface area contributed by atoms with Gasteiger partial charge in [0, 0.05) is 13.0 Å². The maximum atomic E-state index is 6.64. The molecule has 2 aromatic heterocycles. The highest BCUT2D eigenvalue weighted by atomic mass is 16.6. The highest BCUT2D eigenvalue weighted by molar-refractivity contribution is 5.81. The number of nitrogens with zero attached hydrogens (tertiary/aromatic N) is 4. The number of fused-ring (bicyclic) bond motifs is 3. The second-order valence-corrected chi connectivity index (χ2v) is 7.46. The van der Waals surface area contributed by atoms with E-state index in [-0.39, 0.29) is 30.0 Å². The number of ether oxygens (including phenoxy) is 3. The summed E-state index contributed by atoms with van der Waals surface area (Å²) < 4.78 is 20.8. The van der Waals surface area contributed by atoms with E-state index in [2.05, 4.69) is 42.6 Å². The number of imidazole rings is 1. The zero-order valence-corrected chi connectivity index (χ0v) is 15.3. The molecule has 0 spiro atoms. The molecule has 136 valence electrons. The molecule has 3 unspecified atom stereocenters. The quantitative estimate of drug-likeness (QED) is 0.906. The lowest BCUT2D eigenvalue weighted by atomic mass is 9.70. The van der Waals surface area contributed by atoms with Crippen molar-refractivity contribution in [2.24, 2.45) is 5.92 Å². The summed E-state index contributed by atoms with van der Waals surface area (Å²) >= 11 is 0. The summed E-state index contributed by atoms with van der Waals surface area (Å²) in [7, 11) is 1.72. The van der Waals surface area contributed by atoms with Crippen molar-refractivity contribution >= 4 is 17.0 Å². The molecule has 8 nitrogen and oxygen atoms in total. The van der Waals surface area contributed by atoms with Gasteiger partial charge in [0.2, 0.25) is 0 Å². The molecule has 0 aliphatic carbocycles. The van der Waals surface area contributed by atoms with Crippen molar-refractivity contribution < 1.29 is 14.2 Å². The summed E-state index contributed by atoms with van der Waals surface area (Å²) in [6.07, 6.45) is 3.16. The third kappa shape index (κ3) is 2.07. The molecule has 25 heavy (non-hydrogen) atoms. The minimum Gasteiger partial charge on any atom is -0.382 e. The van der Waals surface area contributed by atoms with E-state index in [0.717, 1.165) is 6.42 Å². The Morgan fingerprint density at radius 2 is 2.04 bits per heavy atom. The van der Waals surface area contributed by atoms with Gasteiger partial charge in [0.25, 0.3) is 0 Å². The minimum absolute atomic E-state index is 0.158. The Kier molecular flexibility index (Phi) is 3.58. The molecule has 5 atom stereocenters. The fourth-order valence-corrected chi connectivity index (χ4v) is 4.49. The third-order valence-corrected chi connectivity index (χ3v) is 6.08. The SMILES string of the molecule is CC[C@]12O[C@@H](n3cnc4c(N)ncnc43)C(OC(C)(C)C1C)C2OC. The van der Waals surface area contributed by atoms with Gasteiger partial charge in [0.1, 0.15) is 29.7 Å². The largest absolute Gasteiger partial charge is 0.382 e. The lowest BCUT2D eigenvalue weighted by Crippen LogP contribution is -2.62. The highest BCUT2D eigenvalue weighted by Crippen LogP contribution is 2.55. The van der Waals surface area contributed by atoms with Crippen LogP contribution in [0.5, 0.6) is 0 Å². The maximum absolute atomic E-state index is 6.64. The van der Waals surface area contributed by atoms with E-state index in [1.807, 2.05) is 4.57 Å². The number of aromatic nitrogens is 4. The summed E-state index contributed by atoms with van der Waals surface area (Å²) in [5.41, 5.74) is 6.38. The van der Waals surface area contributed by atoms with Crippen LogP contribution < -0.4 is 5.73 Å². The van der Waals surface area contributed by atoms with Gasteiger partial charge in [-0.25, -0.2) is 15.0 Å². The second kappa shape index (κ2) is 5.36. The zero-order valence-electron chi connectivity index (χ0n) is 15.3. The number of nitrogen functional groups attached to an aromatic ring is 1. The van der Waals surface area contributed by atoms with Crippen LogP contribution in [0.1, 0.15) is 40.3 Å². The molecule has 2 saturated heterocycles. The van der Waals surface area contributed by atoms with E-state index in [1.54, 1.807) is 13.4 Å². The van der Waals surface area contributed by atoms with Crippen LogP contribution in [0.3, 0.4) is 0 Å². The molecule has 2 fully saturated rings. The first-order chi connectivity index (χ1) is 11.9. The molecule has 2 bridgehead atoms. The van der Waals surface area contributed by atoms with Crippen molar-refractivity contribution in [1.29, 1.82) is 0 Å². The van der Waals surface area contributed by atoms with Crippen molar-refractivity contribution in [1.82, 2.24) is 19.5 Å². The average molecular weight is 347 g/mol. The first-order valence-corrected chi connectivity index (χ1v) is 8.67. The smallest absolute Gasteiger partial charge is 0.167 e. The Hall–Kier alpha value is -1.77. The molecule has 0 aromatic carbocycles. The van der Waals surface area contributed by atoms with Crippen molar-refractivity contribution in [3.63, 3.8) is 0 Å². The summed E-state index contributed by atoms with van der Waals surface area (Å²) in [5.74, 6) is 0.513. The molecule has 2 aliphatic heterocycles. The summed E-state index contributed by atoms with van der Waals surface area (Å²) in [6, 6.07) is 0. The van der Waals surface area contributed by atoms with E-state index >= 15 is 0 Å². The number of hydrogen-bond donors (Lipinski definition) is 1. The van der Waals surface area contributed by atoms with Crippen molar-refractivity contribution in [2.75, 3.05) is 12.8 Å². The Bertz CT molecular complexity index is 807. The van der Waals surface area contributed by atoms with Gasteiger partial charge in [-0.15, -0.1) is 0 Å². The number of hydrogen-bond acceptors (Lipinski definition) is 7. The van der Waals surface area contributed by atoms with Crippen molar-refractivity contribution in [2.45, 2.75) is 63.8 Å². The maximum Gasteiger partial charge on any atom is 0.167 e. The number of anilines is 1. The number of methoxy groups -OCH3 is 1. The predicted molar refractivity (Wildman–Crippen MR) is 91.8 cm³/mol. The van der Waals surface area contributed by atoms with Gasteiger partial charge >= 0.3 is 0 Å². The van der Waals surface area contributed by atoms with Crippen LogP contribution in [-0.2, 0) is 14.2 Å². The van der Waals surface area contributed by atoms with E-state index in [0.29, 0.717) is 17.0 Å². The summed E-state index contributed by atoms with van der Waals surface area (Å²) in [4.78, 5) is 12.7. The van der Waals surface area contributed by atoms with Gasteiger partial charge in [-0.2, -0.15) is 0 Å². The zero-order chi connectivity index (χ0) is 18.0. The van der Waals surface area contributed by atoms with Crippen LogP contribution in [0, 0.1) is 5.92 Å². The molecular weight excluding hydrogens is 322 g/mol. The monoisotopic (exact) mass is 347 g/mol. The normalized spacial score (nSPS) is 36.8. The van der Waals surface area contributed by atoms with E-state index in [4.69, 9.17) is 19.9 Å². The second-order valence-electron chi connectivity index (χ2n) is 7.46. The standard InChI is InChI=1S/C17H25N5O3/c1-6-17-9(2)16(3,4)24-11(12(17)23-5)15(25-17)22-8-21-10-13(18)19-7-20-14(10)22/h7-9,11-12,15H,6H2,1-5H3,(H2,18,19,20)/t9?,11?,12?,15-,17+/m1/s1. The average Bonchev–Trinajstić information content (AvgIpc) is 3.11. The number of rotatable bonds is 3. The molecule has 0 saturated carbocycles. The minimum atomic E-state index is -0.430. The molecule has 2 aliphatic rings. The lowest BCUT2D eigenvalue weighted by molar-refractivity contribution is -0.226. The van der Waals surface area contributed by atoms with Crippen LogP contribution in [0.2, 0.25) is 0 Å². The molecular formula is C17H25N5O3. The van der Waals surface area contributed by atoms with Gasteiger partial charge in [-0.1, -0.05) is 13.8 Å². The van der Waals surface area contributed by atoms with Gasteiger partial charge in [-0.05, 0) is 20.3 Å². The lowest BCUT2D eigenvalue weighted by Gasteiger charge is -2.50. The van der Waals surface area contributed by atoms with Gasteiger partial charge < -0.3 is 19.9 Å². The highest BCUT2D eigenvalue weighted by Gasteiger charge is 2.66. The summed E-state index contributed by atoms with van der Waals surface area (Å²) in [6.45, 7) is 8.52. The fraction of sp³-hybridized carbons (Fsp3) is 0.706. The summed E-state index contributed by atoms with van der Waals surface area (Å²) in [5, 5.41) is 0. The topological polar surface area (TPSA) is 97.3 Å². The van der Waals surface area contributed by atoms with Crippen LogP contribution in [0.15, 0.2) is 12.7 Å². The van der Waals surface area contributed by atoms with Crippen LogP contribution >= 0.6 is 0 Å². The van der Waals surface area contributed by atoms with Crippen molar-refractivity contribution in [3.05, 3.63) is 12.7 Å². The number of nitrogens with two attached hydrogens (primary N) is 1. The fourth-order valence-electron chi connectivity index (χ4n) is 4.49. The third-order valence-electron chi connectivity index (χ3n) is 6.08. The molecule has 4 rings (SSSR count). The first kappa shape index (κ1) is 16.7. The first-order valence-electron chi connectivity index (χ1n) is 8.67. The molecule has 0 amide bonds. The molecule has 0 radical (unpaired) electrons.